The van der Waals surface area contributed by atoms with Crippen molar-refractivity contribution in [2.75, 3.05) is 25.1 Å². The Morgan fingerprint density at radius 3 is 2.31 bits per heavy atom. The number of nitrogens with zero attached hydrogens (tertiary/aromatic N) is 3. The number of thiophene rings is 1. The third kappa shape index (κ3) is 3.64. The average Bonchev–Trinajstić information content (AvgIpc) is 2.96. The summed E-state index contributed by atoms with van der Waals surface area (Å²) in [5, 5.41) is 1.41. The molecule has 0 bridgehead atoms. The number of benzene rings is 1. The van der Waals surface area contributed by atoms with Crippen LogP contribution in [0.2, 0.25) is 5.28 Å². The number of anilines is 1. The Hall–Kier alpha value is -1.85. The average molecular weight is 390 g/mol. The Balaban J connectivity index is 2.24. The number of aryl methyl sites for hydroxylation is 1. The third-order valence-corrected chi connectivity index (χ3v) is 5.51. The number of hydrogen-bond donors (Lipinski definition) is 0. The number of methoxy groups -OCH3 is 1. The molecule has 0 aliphatic carbocycles. The maximum Gasteiger partial charge on any atom is 0.225 e. The van der Waals surface area contributed by atoms with Crippen LogP contribution in [0.3, 0.4) is 0 Å². The second-order valence-corrected chi connectivity index (χ2v) is 7.79. The van der Waals surface area contributed by atoms with Crippen LogP contribution in [0.1, 0.15) is 31.6 Å². The molecular formula is C20H24ClN3OS. The summed E-state index contributed by atoms with van der Waals surface area (Å²) in [5.74, 6) is 1.79. The molecule has 3 aromatic rings. The van der Waals surface area contributed by atoms with Crippen molar-refractivity contribution in [2.24, 2.45) is 0 Å². The largest absolute Gasteiger partial charge is 0.497 e. The first-order valence-electron chi connectivity index (χ1n) is 8.95. The zero-order chi connectivity index (χ0) is 18.7. The number of rotatable bonds is 7. The first kappa shape index (κ1) is 18.9. The summed E-state index contributed by atoms with van der Waals surface area (Å²) in [5.41, 5.74) is 2.34. The van der Waals surface area contributed by atoms with E-state index < -0.39 is 0 Å². The van der Waals surface area contributed by atoms with E-state index in [0.717, 1.165) is 53.3 Å². The van der Waals surface area contributed by atoms with Gasteiger partial charge in [-0.05, 0) is 49.1 Å². The van der Waals surface area contributed by atoms with Gasteiger partial charge in [-0.25, -0.2) is 4.98 Å². The zero-order valence-electron chi connectivity index (χ0n) is 15.7. The van der Waals surface area contributed by atoms with Gasteiger partial charge in [-0.3, -0.25) is 0 Å². The van der Waals surface area contributed by atoms with E-state index in [1.54, 1.807) is 18.4 Å². The van der Waals surface area contributed by atoms with Crippen molar-refractivity contribution < 1.29 is 4.74 Å². The van der Waals surface area contributed by atoms with Gasteiger partial charge < -0.3 is 9.64 Å². The van der Waals surface area contributed by atoms with E-state index in [1.165, 1.54) is 10.4 Å². The van der Waals surface area contributed by atoms with Gasteiger partial charge >= 0.3 is 0 Å². The van der Waals surface area contributed by atoms with Crippen LogP contribution in [0.25, 0.3) is 21.3 Å². The Bertz CT molecular complexity index is 886. The van der Waals surface area contributed by atoms with Crippen LogP contribution >= 0.6 is 22.9 Å². The van der Waals surface area contributed by atoms with Crippen LogP contribution in [0.4, 0.5) is 5.82 Å². The molecule has 0 atom stereocenters. The van der Waals surface area contributed by atoms with Gasteiger partial charge in [0.2, 0.25) is 5.28 Å². The summed E-state index contributed by atoms with van der Waals surface area (Å²) in [4.78, 5) is 13.6. The Morgan fingerprint density at radius 1 is 1.08 bits per heavy atom. The van der Waals surface area contributed by atoms with Gasteiger partial charge in [0.05, 0.1) is 12.5 Å². The van der Waals surface area contributed by atoms with Crippen molar-refractivity contribution in [3.8, 4) is 16.9 Å². The van der Waals surface area contributed by atoms with Gasteiger partial charge in [0.1, 0.15) is 16.4 Å². The van der Waals surface area contributed by atoms with E-state index in [0.29, 0.717) is 5.28 Å². The molecule has 0 aliphatic rings. The predicted octanol–water partition coefficient (Wildman–Crippen LogP) is 5.96. The highest BCUT2D eigenvalue weighted by Gasteiger charge is 2.21. The van der Waals surface area contributed by atoms with Gasteiger partial charge in [-0.15, -0.1) is 11.3 Å². The van der Waals surface area contributed by atoms with Crippen molar-refractivity contribution in [3.05, 3.63) is 34.4 Å². The summed E-state index contributed by atoms with van der Waals surface area (Å²) < 4.78 is 5.30. The minimum atomic E-state index is 0.312. The Kier molecular flexibility index (Phi) is 5.99. The fourth-order valence-electron chi connectivity index (χ4n) is 3.27. The summed E-state index contributed by atoms with van der Waals surface area (Å²) in [6.45, 7) is 8.41. The van der Waals surface area contributed by atoms with Crippen molar-refractivity contribution in [2.45, 2.75) is 33.6 Å². The van der Waals surface area contributed by atoms with E-state index in [2.05, 4.69) is 47.8 Å². The molecule has 0 spiro atoms. The Morgan fingerprint density at radius 2 is 1.73 bits per heavy atom. The number of aromatic nitrogens is 2. The predicted molar refractivity (Wildman–Crippen MR) is 112 cm³/mol. The molecule has 6 heteroatoms. The molecule has 0 unspecified atom stereocenters. The van der Waals surface area contributed by atoms with Crippen molar-refractivity contribution in [3.63, 3.8) is 0 Å². The van der Waals surface area contributed by atoms with Crippen LogP contribution in [0.5, 0.6) is 5.75 Å². The highest BCUT2D eigenvalue weighted by molar-refractivity contribution is 7.19. The molecule has 3 rings (SSSR count). The maximum atomic E-state index is 6.26. The first-order chi connectivity index (χ1) is 12.6. The standard InChI is InChI=1S/C20H24ClN3OS/c1-5-11-24(12-6-2)18-17-16(14-7-9-15(25-4)10-8-14)13(3)26-19(17)23-20(21)22-18/h7-10H,5-6,11-12H2,1-4H3. The van der Waals surface area contributed by atoms with E-state index >= 15 is 0 Å². The molecule has 1 aromatic carbocycles. The fraction of sp³-hybridized carbons (Fsp3) is 0.400. The summed E-state index contributed by atoms with van der Waals surface area (Å²) in [6.07, 6.45) is 2.12. The molecule has 0 N–H and O–H groups in total. The van der Waals surface area contributed by atoms with Crippen molar-refractivity contribution in [1.29, 1.82) is 0 Å². The molecule has 0 aliphatic heterocycles. The highest BCUT2D eigenvalue weighted by atomic mass is 35.5. The first-order valence-corrected chi connectivity index (χ1v) is 10.1. The van der Waals surface area contributed by atoms with Crippen LogP contribution < -0.4 is 9.64 Å². The van der Waals surface area contributed by atoms with Crippen LogP contribution in [0.15, 0.2) is 24.3 Å². The zero-order valence-corrected chi connectivity index (χ0v) is 17.2. The minimum absolute atomic E-state index is 0.312. The summed E-state index contributed by atoms with van der Waals surface area (Å²) in [7, 11) is 1.68. The van der Waals surface area contributed by atoms with Crippen LogP contribution in [0, 0.1) is 6.92 Å². The van der Waals surface area contributed by atoms with E-state index in [4.69, 9.17) is 16.3 Å². The lowest BCUT2D eigenvalue weighted by atomic mass is 10.0. The minimum Gasteiger partial charge on any atom is -0.497 e. The van der Waals surface area contributed by atoms with Crippen molar-refractivity contribution in [1.82, 2.24) is 9.97 Å². The number of fused-ring (bicyclic) bond motifs is 1. The molecule has 0 radical (unpaired) electrons. The quantitative estimate of drug-likeness (QED) is 0.467. The Labute approximate surface area is 163 Å². The summed E-state index contributed by atoms with van der Waals surface area (Å²) >= 11 is 7.93. The highest BCUT2D eigenvalue weighted by Crippen LogP contribution is 2.42. The fourth-order valence-corrected chi connectivity index (χ4v) is 4.52. The van der Waals surface area contributed by atoms with Gasteiger partial charge in [-0.2, -0.15) is 4.98 Å². The maximum absolute atomic E-state index is 6.26. The lowest BCUT2D eigenvalue weighted by Crippen LogP contribution is -2.26. The van der Waals surface area contributed by atoms with Crippen LogP contribution in [-0.2, 0) is 0 Å². The molecule has 0 saturated carbocycles. The molecule has 0 amide bonds. The van der Waals surface area contributed by atoms with E-state index in [9.17, 15) is 0 Å². The third-order valence-electron chi connectivity index (χ3n) is 4.35. The lowest BCUT2D eigenvalue weighted by molar-refractivity contribution is 0.415. The molecule has 4 nitrogen and oxygen atoms in total. The van der Waals surface area contributed by atoms with Gasteiger partial charge in [-0.1, -0.05) is 26.0 Å². The van der Waals surface area contributed by atoms with Crippen molar-refractivity contribution >= 4 is 39.0 Å². The molecule has 2 aromatic heterocycles. The van der Waals surface area contributed by atoms with E-state index in [1.807, 2.05) is 12.1 Å². The topological polar surface area (TPSA) is 38.2 Å². The molecular weight excluding hydrogens is 366 g/mol. The summed E-state index contributed by atoms with van der Waals surface area (Å²) in [6, 6.07) is 8.17. The molecule has 0 fully saturated rings. The van der Waals surface area contributed by atoms with Gasteiger partial charge in [0.25, 0.3) is 0 Å². The second kappa shape index (κ2) is 8.23. The van der Waals surface area contributed by atoms with Gasteiger partial charge in [0, 0.05) is 23.5 Å². The van der Waals surface area contributed by atoms with Crippen LogP contribution in [-0.4, -0.2) is 30.2 Å². The smallest absolute Gasteiger partial charge is 0.225 e. The lowest BCUT2D eigenvalue weighted by Gasteiger charge is -2.24. The molecule has 26 heavy (non-hydrogen) atoms. The number of hydrogen-bond acceptors (Lipinski definition) is 5. The molecule has 138 valence electrons. The normalized spacial score (nSPS) is 11.1. The SMILES string of the molecule is CCCN(CCC)c1nc(Cl)nc2sc(C)c(-c3ccc(OC)cc3)c12. The number of halogens is 1. The monoisotopic (exact) mass is 389 g/mol. The van der Waals surface area contributed by atoms with E-state index in [-0.39, 0.29) is 0 Å². The number of ether oxygens (including phenoxy) is 1. The molecule has 0 saturated heterocycles. The molecule has 2 heterocycles. The second-order valence-electron chi connectivity index (χ2n) is 6.25. The van der Waals surface area contributed by atoms with Gasteiger partial charge in [0.15, 0.2) is 0 Å².